The summed E-state index contributed by atoms with van der Waals surface area (Å²) in [6.07, 6.45) is 2.47. The number of piperidine rings is 1. The molecule has 1 N–H and O–H groups in total. The molecule has 0 aliphatic carbocycles. The second-order valence-electron chi connectivity index (χ2n) is 10.7. The Labute approximate surface area is 232 Å². The third-order valence-electron chi connectivity index (χ3n) is 8.67. The number of rotatable bonds is 4. The van der Waals surface area contributed by atoms with Gasteiger partial charge in [-0.15, -0.1) is 11.8 Å². The summed E-state index contributed by atoms with van der Waals surface area (Å²) in [5.74, 6) is 0.925. The predicted octanol–water partition coefficient (Wildman–Crippen LogP) is 4.39. The zero-order valence-electron chi connectivity index (χ0n) is 22.1. The van der Waals surface area contributed by atoms with E-state index in [1.165, 1.54) is 11.8 Å². The number of likely N-dealkylation sites (N-methyl/N-ethyl adjacent to an activating group) is 1. The number of anilines is 2. The number of para-hydroxylation sites is 1. The fourth-order valence-corrected chi connectivity index (χ4v) is 9.66. The predicted molar refractivity (Wildman–Crippen MR) is 151 cm³/mol. The molecule has 39 heavy (non-hydrogen) atoms. The van der Waals surface area contributed by atoms with Crippen LogP contribution in [0, 0.1) is 6.92 Å². The number of nitrogens with zero attached hydrogens (tertiary/aromatic N) is 2. The average Bonchev–Trinajstić information content (AvgIpc) is 3.48. The first-order valence-corrected chi connectivity index (χ1v) is 15.6. The van der Waals surface area contributed by atoms with E-state index in [-0.39, 0.29) is 10.8 Å². The molecule has 0 radical (unpaired) electrons. The fraction of sp³-hybridized carbons (Fsp3) is 0.345. The number of fused-ring (bicyclic) bond motifs is 4. The van der Waals surface area contributed by atoms with E-state index >= 15 is 0 Å². The largest absolute Gasteiger partial charge is 0.494 e. The number of aryl methyl sites for hydroxylation is 1. The number of nitrogens with one attached hydrogen (secondary N) is 1. The summed E-state index contributed by atoms with van der Waals surface area (Å²) in [4.78, 5) is 15.6. The Morgan fingerprint density at radius 2 is 1.90 bits per heavy atom. The summed E-state index contributed by atoms with van der Waals surface area (Å²) in [5.41, 5.74) is 2.41. The summed E-state index contributed by atoms with van der Waals surface area (Å²) < 4.78 is 43.9. The molecule has 7 rings (SSSR count). The minimum absolute atomic E-state index is 0.147. The molecule has 3 atom stereocenters. The van der Waals surface area contributed by atoms with Crippen molar-refractivity contribution in [3.05, 3.63) is 76.9 Å². The van der Waals surface area contributed by atoms with Gasteiger partial charge in [-0.2, -0.15) is 0 Å². The Morgan fingerprint density at radius 1 is 1.15 bits per heavy atom. The van der Waals surface area contributed by atoms with E-state index in [4.69, 9.17) is 9.47 Å². The maximum atomic E-state index is 14.8. The Balaban J connectivity index is 1.61. The molecule has 1 unspecified atom stereocenters. The van der Waals surface area contributed by atoms with E-state index in [2.05, 4.69) is 10.2 Å². The second-order valence-corrected chi connectivity index (χ2v) is 13.5. The fourth-order valence-electron chi connectivity index (χ4n) is 7.10. The van der Waals surface area contributed by atoms with E-state index in [9.17, 15) is 13.2 Å². The van der Waals surface area contributed by atoms with Crippen molar-refractivity contribution in [3.63, 3.8) is 0 Å². The van der Waals surface area contributed by atoms with Gasteiger partial charge in [-0.05, 0) is 38.4 Å². The van der Waals surface area contributed by atoms with Crippen LogP contribution in [0.5, 0.6) is 11.5 Å². The zero-order valence-corrected chi connectivity index (χ0v) is 23.8. The van der Waals surface area contributed by atoms with Crippen molar-refractivity contribution in [2.75, 3.05) is 43.1 Å². The number of thioether (sulfide) groups is 1. The van der Waals surface area contributed by atoms with Crippen molar-refractivity contribution in [1.29, 1.82) is 0 Å². The van der Waals surface area contributed by atoms with Crippen LogP contribution in [0.3, 0.4) is 0 Å². The van der Waals surface area contributed by atoms with Crippen LogP contribution in [-0.4, -0.2) is 52.7 Å². The number of carbonyl (C=O) groups excluding carboxylic acids is 1. The molecule has 202 valence electrons. The molecule has 0 spiro atoms. The van der Waals surface area contributed by atoms with Crippen LogP contribution in [0.25, 0.3) is 0 Å². The number of methoxy groups -OCH3 is 1. The van der Waals surface area contributed by atoms with Crippen LogP contribution >= 0.6 is 11.8 Å². The van der Waals surface area contributed by atoms with Gasteiger partial charge in [-0.1, -0.05) is 35.9 Å². The average molecular weight is 564 g/mol. The monoisotopic (exact) mass is 563 g/mol. The third-order valence-corrected chi connectivity index (χ3v) is 11.4. The van der Waals surface area contributed by atoms with Crippen LogP contribution in [0.1, 0.15) is 33.9 Å². The lowest BCUT2D eigenvalue weighted by Crippen LogP contribution is -2.65. The van der Waals surface area contributed by atoms with Gasteiger partial charge in [0.25, 0.3) is 10.0 Å². The minimum atomic E-state index is -4.06. The first kappa shape index (κ1) is 24.8. The van der Waals surface area contributed by atoms with E-state index in [0.717, 1.165) is 28.8 Å². The van der Waals surface area contributed by atoms with E-state index in [1.807, 2.05) is 62.7 Å². The first-order valence-electron chi connectivity index (χ1n) is 12.9. The van der Waals surface area contributed by atoms with Gasteiger partial charge in [-0.3, -0.25) is 4.79 Å². The van der Waals surface area contributed by atoms with Crippen molar-refractivity contribution in [1.82, 2.24) is 4.90 Å². The van der Waals surface area contributed by atoms with Crippen molar-refractivity contribution in [3.8, 4) is 11.5 Å². The lowest BCUT2D eigenvalue weighted by atomic mass is 9.69. The number of likely N-dealkylation sites (tertiary alicyclic amines) is 1. The molecule has 3 aromatic rings. The van der Waals surface area contributed by atoms with Gasteiger partial charge in [0.15, 0.2) is 5.60 Å². The maximum Gasteiger partial charge on any atom is 0.265 e. The number of ether oxygens (including phenoxy) is 2. The standard InChI is InChI=1S/C29H29N3O5S2/c1-17-9-11-18(12-10-17)39(34,35)32-20-8-6-5-7-19(20)29-13-14-31(2)16-28(29,32)24-21(37-29)15-22(36-3)25-23(24)26(38-4)27(33)30-25/h5-12,15,26H,13-14,16H2,1-4H3,(H,30,33)/t26?,28-,29-/m0/s1. The topological polar surface area (TPSA) is 88.2 Å². The van der Waals surface area contributed by atoms with Crippen LogP contribution in [0.2, 0.25) is 0 Å². The SMILES string of the molecule is COc1cc2c(c3c1NC(=O)C3SC)[C@@]13CN(C)CC[C@]1(O2)c1ccccc1N3S(=O)(=O)c1ccc(C)cc1. The third kappa shape index (κ3) is 2.94. The highest BCUT2D eigenvalue weighted by Gasteiger charge is 2.74. The molecule has 1 saturated heterocycles. The molecule has 3 aromatic carbocycles. The Bertz CT molecular complexity index is 1660. The van der Waals surface area contributed by atoms with Crippen LogP contribution < -0.4 is 19.1 Å². The van der Waals surface area contributed by atoms with Gasteiger partial charge >= 0.3 is 0 Å². The van der Waals surface area contributed by atoms with Gasteiger partial charge in [0.2, 0.25) is 5.91 Å². The Kier molecular flexibility index (Phi) is 5.19. The lowest BCUT2D eigenvalue weighted by molar-refractivity contribution is -0.115. The van der Waals surface area contributed by atoms with Gasteiger partial charge in [0.05, 0.1) is 23.4 Å². The zero-order chi connectivity index (χ0) is 27.3. The molecule has 4 aliphatic rings. The number of carbonyl (C=O) groups is 1. The number of hydrogen-bond acceptors (Lipinski definition) is 7. The highest BCUT2D eigenvalue weighted by molar-refractivity contribution is 7.99. The van der Waals surface area contributed by atoms with Gasteiger partial charge in [0, 0.05) is 42.3 Å². The number of benzene rings is 3. The minimum Gasteiger partial charge on any atom is -0.494 e. The smallest absolute Gasteiger partial charge is 0.265 e. The second kappa shape index (κ2) is 8.16. The van der Waals surface area contributed by atoms with Crippen LogP contribution in [-0.2, 0) is 26.0 Å². The normalized spacial score (nSPS) is 26.7. The van der Waals surface area contributed by atoms with Crippen molar-refractivity contribution in [2.45, 2.75) is 34.6 Å². The van der Waals surface area contributed by atoms with Gasteiger partial charge < -0.3 is 19.7 Å². The molecular weight excluding hydrogens is 534 g/mol. The molecule has 0 bridgehead atoms. The van der Waals surface area contributed by atoms with E-state index < -0.39 is 26.4 Å². The number of sulfonamides is 1. The molecule has 0 saturated carbocycles. The first-order chi connectivity index (χ1) is 18.7. The quantitative estimate of drug-likeness (QED) is 0.504. The molecular formula is C29H29N3O5S2. The van der Waals surface area contributed by atoms with Crippen molar-refractivity contribution < 1.29 is 22.7 Å². The summed E-state index contributed by atoms with van der Waals surface area (Å²) in [7, 11) is -0.485. The molecule has 10 heteroatoms. The summed E-state index contributed by atoms with van der Waals surface area (Å²) in [6.45, 7) is 3.06. The van der Waals surface area contributed by atoms with Crippen molar-refractivity contribution >= 4 is 39.1 Å². The maximum absolute atomic E-state index is 14.8. The van der Waals surface area contributed by atoms with Crippen molar-refractivity contribution in [2.24, 2.45) is 0 Å². The van der Waals surface area contributed by atoms with Crippen LogP contribution in [0.15, 0.2) is 59.5 Å². The Morgan fingerprint density at radius 3 is 2.62 bits per heavy atom. The molecule has 4 heterocycles. The van der Waals surface area contributed by atoms with Gasteiger partial charge in [-0.25, -0.2) is 12.7 Å². The van der Waals surface area contributed by atoms with E-state index in [1.54, 1.807) is 23.5 Å². The molecule has 1 amide bonds. The lowest BCUT2D eigenvalue weighted by Gasteiger charge is -2.50. The summed E-state index contributed by atoms with van der Waals surface area (Å²) in [5, 5.41) is 2.49. The number of hydrogen-bond donors (Lipinski definition) is 1. The highest BCUT2D eigenvalue weighted by Crippen LogP contribution is 2.70. The molecule has 4 aliphatic heterocycles. The molecule has 0 aromatic heterocycles. The highest BCUT2D eigenvalue weighted by atomic mass is 32.2. The molecule has 8 nitrogen and oxygen atoms in total. The van der Waals surface area contributed by atoms with E-state index in [0.29, 0.717) is 35.8 Å². The molecule has 1 fully saturated rings. The van der Waals surface area contributed by atoms with Gasteiger partial charge in [0.1, 0.15) is 22.3 Å². The summed E-state index contributed by atoms with van der Waals surface area (Å²) >= 11 is 1.42. The van der Waals surface area contributed by atoms with Crippen LogP contribution in [0.4, 0.5) is 11.4 Å². The summed E-state index contributed by atoms with van der Waals surface area (Å²) in [6, 6.07) is 16.4. The Hall–Kier alpha value is -3.21. The number of amides is 1.